The number of hydrogen-bond acceptors (Lipinski definition) is 3. The van der Waals surface area contributed by atoms with Crippen LogP contribution in [0.5, 0.6) is 0 Å². The zero-order valence-electron chi connectivity index (χ0n) is 10.6. The number of amidine groups is 1. The molecule has 1 unspecified atom stereocenters. The van der Waals surface area contributed by atoms with E-state index in [-0.39, 0.29) is 12.1 Å². The molecule has 3 rings (SSSR count). The summed E-state index contributed by atoms with van der Waals surface area (Å²) < 4.78 is 0. The molecule has 0 bridgehead atoms. The van der Waals surface area contributed by atoms with E-state index in [1.165, 1.54) is 0 Å². The largest absolute Gasteiger partial charge is 0.324 e. The smallest absolute Gasteiger partial charge is 0.321 e. The zero-order valence-corrected chi connectivity index (χ0v) is 10.6. The maximum atomic E-state index is 11.5. The van der Waals surface area contributed by atoms with Gasteiger partial charge in [-0.2, -0.15) is 0 Å². The number of nitrogens with zero attached hydrogens (tertiary/aromatic N) is 2. The van der Waals surface area contributed by atoms with Crippen LogP contribution in [0.3, 0.4) is 0 Å². The van der Waals surface area contributed by atoms with Crippen LogP contribution in [0, 0.1) is 0 Å². The van der Waals surface area contributed by atoms with Crippen molar-refractivity contribution in [2.45, 2.75) is 13.0 Å². The number of amides is 2. The van der Waals surface area contributed by atoms with E-state index in [0.717, 1.165) is 16.5 Å². The Balaban J connectivity index is 2.13. The van der Waals surface area contributed by atoms with Gasteiger partial charge in [-0.25, -0.2) is 4.79 Å². The van der Waals surface area contributed by atoms with Crippen LogP contribution < -0.4 is 10.6 Å². The third-order valence-corrected chi connectivity index (χ3v) is 3.11. The minimum atomic E-state index is -0.222. The second-order valence-corrected chi connectivity index (χ2v) is 4.31. The number of benzene rings is 1. The van der Waals surface area contributed by atoms with Gasteiger partial charge < -0.3 is 5.32 Å². The number of carbonyl (C=O) groups is 1. The molecule has 0 saturated carbocycles. The average Bonchev–Trinajstić information content (AvgIpc) is 2.79. The van der Waals surface area contributed by atoms with Crippen LogP contribution in [-0.2, 0) is 0 Å². The fourth-order valence-corrected chi connectivity index (χ4v) is 2.32. The number of aromatic nitrogens is 1. The number of para-hydroxylation sites is 1. The molecule has 1 aliphatic rings. The molecule has 1 saturated heterocycles. The molecule has 1 atom stereocenters. The third kappa shape index (κ3) is 2.03. The van der Waals surface area contributed by atoms with Gasteiger partial charge in [-0.15, -0.1) is 0 Å². The highest BCUT2D eigenvalue weighted by Gasteiger charge is 2.29. The van der Waals surface area contributed by atoms with Crippen LogP contribution in [0.25, 0.3) is 10.9 Å². The van der Waals surface area contributed by atoms with E-state index in [2.05, 4.69) is 20.6 Å². The molecule has 1 aliphatic heterocycles. The van der Waals surface area contributed by atoms with Crippen LogP contribution in [0.15, 0.2) is 41.5 Å². The van der Waals surface area contributed by atoms with E-state index in [1.807, 2.05) is 37.3 Å². The van der Waals surface area contributed by atoms with E-state index < -0.39 is 0 Å². The molecule has 1 fully saturated rings. The van der Waals surface area contributed by atoms with Gasteiger partial charge in [-0.1, -0.05) is 18.2 Å². The normalized spacial score (nSPS) is 20.6. The van der Waals surface area contributed by atoms with E-state index in [1.54, 1.807) is 6.20 Å². The van der Waals surface area contributed by atoms with Crippen LogP contribution in [0.4, 0.5) is 4.79 Å². The minimum Gasteiger partial charge on any atom is -0.324 e. The van der Waals surface area contributed by atoms with Crippen molar-refractivity contribution in [3.63, 3.8) is 0 Å². The number of fused-ring (bicyclic) bond motifs is 1. The maximum Gasteiger partial charge on any atom is 0.321 e. The topological polar surface area (TPSA) is 66.4 Å². The van der Waals surface area contributed by atoms with Crippen molar-refractivity contribution in [2.24, 2.45) is 4.99 Å². The van der Waals surface area contributed by atoms with E-state index in [0.29, 0.717) is 12.4 Å². The lowest BCUT2D eigenvalue weighted by Crippen LogP contribution is -2.22. The summed E-state index contributed by atoms with van der Waals surface area (Å²) in [7, 11) is 0. The van der Waals surface area contributed by atoms with Gasteiger partial charge in [-0.05, 0) is 24.6 Å². The second kappa shape index (κ2) is 4.68. The number of aliphatic imine (C=N–C) groups is 1. The average molecular weight is 254 g/mol. The van der Waals surface area contributed by atoms with Gasteiger partial charge in [0, 0.05) is 18.1 Å². The maximum absolute atomic E-state index is 11.5. The lowest BCUT2D eigenvalue weighted by Gasteiger charge is -2.13. The summed E-state index contributed by atoms with van der Waals surface area (Å²) in [5, 5.41) is 6.67. The molecule has 2 N–H and O–H groups in total. The van der Waals surface area contributed by atoms with Crippen LogP contribution >= 0.6 is 0 Å². The number of nitrogens with one attached hydrogen (secondary N) is 2. The van der Waals surface area contributed by atoms with Gasteiger partial charge in [-0.3, -0.25) is 15.3 Å². The Morgan fingerprint density at radius 3 is 3.00 bits per heavy atom. The first kappa shape index (κ1) is 11.6. The molecule has 0 radical (unpaired) electrons. The van der Waals surface area contributed by atoms with Crippen molar-refractivity contribution in [2.75, 3.05) is 6.54 Å². The number of hydrogen-bond donors (Lipinski definition) is 2. The molecule has 19 heavy (non-hydrogen) atoms. The third-order valence-electron chi connectivity index (χ3n) is 3.11. The van der Waals surface area contributed by atoms with Crippen LogP contribution in [-0.4, -0.2) is 23.4 Å². The van der Waals surface area contributed by atoms with Gasteiger partial charge in [0.1, 0.15) is 11.9 Å². The zero-order chi connectivity index (χ0) is 13.2. The van der Waals surface area contributed by atoms with Gasteiger partial charge in [0.25, 0.3) is 0 Å². The number of pyridine rings is 1. The summed E-state index contributed by atoms with van der Waals surface area (Å²) in [6.07, 6.45) is 1.76. The summed E-state index contributed by atoms with van der Waals surface area (Å²) in [4.78, 5) is 20.2. The quantitative estimate of drug-likeness (QED) is 0.860. The number of rotatable bonds is 2. The van der Waals surface area contributed by atoms with Crippen molar-refractivity contribution in [3.8, 4) is 0 Å². The number of urea groups is 1. The molecule has 5 heteroatoms. The molecule has 2 amide bonds. The SMILES string of the molecule is CCN=C1NC(=O)NC1c1ccnc2ccccc12. The van der Waals surface area contributed by atoms with E-state index >= 15 is 0 Å². The Bertz CT molecular complexity index is 660. The minimum absolute atomic E-state index is 0.210. The summed E-state index contributed by atoms with van der Waals surface area (Å²) in [5.41, 5.74) is 1.92. The highest BCUT2D eigenvalue weighted by Crippen LogP contribution is 2.25. The summed E-state index contributed by atoms with van der Waals surface area (Å²) in [6, 6.07) is 9.37. The summed E-state index contributed by atoms with van der Waals surface area (Å²) in [6.45, 7) is 2.58. The Morgan fingerprint density at radius 2 is 2.16 bits per heavy atom. The Morgan fingerprint density at radius 1 is 1.32 bits per heavy atom. The fourth-order valence-electron chi connectivity index (χ4n) is 2.32. The van der Waals surface area contributed by atoms with Gasteiger partial charge in [0.15, 0.2) is 0 Å². The highest BCUT2D eigenvalue weighted by molar-refractivity contribution is 6.08. The van der Waals surface area contributed by atoms with Crippen molar-refractivity contribution in [3.05, 3.63) is 42.1 Å². The predicted octanol–water partition coefficient (Wildman–Crippen LogP) is 2.01. The molecular weight excluding hydrogens is 240 g/mol. The molecule has 0 aliphatic carbocycles. The lowest BCUT2D eigenvalue weighted by atomic mass is 10.0. The van der Waals surface area contributed by atoms with Crippen LogP contribution in [0.1, 0.15) is 18.5 Å². The van der Waals surface area contributed by atoms with E-state index in [9.17, 15) is 4.79 Å². The Hall–Kier alpha value is -2.43. The van der Waals surface area contributed by atoms with Crippen molar-refractivity contribution < 1.29 is 4.79 Å². The van der Waals surface area contributed by atoms with Crippen molar-refractivity contribution in [1.29, 1.82) is 0 Å². The predicted molar refractivity (Wildman–Crippen MR) is 74.1 cm³/mol. The molecule has 1 aromatic carbocycles. The van der Waals surface area contributed by atoms with Crippen molar-refractivity contribution in [1.82, 2.24) is 15.6 Å². The first-order valence-corrected chi connectivity index (χ1v) is 6.25. The lowest BCUT2D eigenvalue weighted by molar-refractivity contribution is 0.248. The highest BCUT2D eigenvalue weighted by atomic mass is 16.2. The Labute approximate surface area is 110 Å². The molecule has 0 spiro atoms. The summed E-state index contributed by atoms with van der Waals surface area (Å²) >= 11 is 0. The van der Waals surface area contributed by atoms with Crippen molar-refractivity contribution >= 4 is 22.8 Å². The van der Waals surface area contributed by atoms with Crippen LogP contribution in [0.2, 0.25) is 0 Å². The van der Waals surface area contributed by atoms with Gasteiger partial charge >= 0.3 is 6.03 Å². The summed E-state index contributed by atoms with van der Waals surface area (Å²) in [5.74, 6) is 0.670. The standard InChI is InChI=1S/C14H14N4O/c1-2-15-13-12(17-14(19)18-13)10-7-8-16-11-6-4-3-5-9(10)11/h3-8,12H,2H2,1H3,(H2,15,17,18,19). The molecule has 96 valence electrons. The van der Waals surface area contributed by atoms with Gasteiger partial charge in [0.2, 0.25) is 0 Å². The first-order chi connectivity index (χ1) is 9.29. The molecule has 2 heterocycles. The molecule has 2 aromatic rings. The number of carbonyl (C=O) groups excluding carboxylic acids is 1. The van der Waals surface area contributed by atoms with E-state index in [4.69, 9.17) is 0 Å². The fraction of sp³-hybridized carbons (Fsp3) is 0.214. The molecule has 1 aromatic heterocycles. The molecule has 5 nitrogen and oxygen atoms in total. The monoisotopic (exact) mass is 254 g/mol. The Kier molecular flexibility index (Phi) is 2.87. The van der Waals surface area contributed by atoms with Gasteiger partial charge in [0.05, 0.1) is 5.52 Å². The first-order valence-electron chi connectivity index (χ1n) is 6.25. The molecular formula is C14H14N4O. The second-order valence-electron chi connectivity index (χ2n) is 4.31.